The molecule has 0 unspecified atom stereocenters. The van der Waals surface area contributed by atoms with E-state index in [4.69, 9.17) is 10.5 Å². The van der Waals surface area contributed by atoms with E-state index >= 15 is 0 Å². The summed E-state index contributed by atoms with van der Waals surface area (Å²) >= 11 is 0. The number of piperidine rings is 1. The smallest absolute Gasteiger partial charge is 0.120 e. The van der Waals surface area contributed by atoms with Gasteiger partial charge in [-0.3, -0.25) is 0 Å². The first-order chi connectivity index (χ1) is 10.1. The maximum atomic E-state index is 6.09. The summed E-state index contributed by atoms with van der Waals surface area (Å²) in [5.41, 5.74) is 7.20. The Morgan fingerprint density at radius 1 is 1.33 bits per heavy atom. The Balaban J connectivity index is 1.99. The van der Waals surface area contributed by atoms with Crippen molar-refractivity contribution in [3.63, 3.8) is 0 Å². The molecule has 1 aliphatic rings. The van der Waals surface area contributed by atoms with Crippen LogP contribution in [0.4, 0.5) is 5.69 Å². The van der Waals surface area contributed by atoms with Gasteiger partial charge >= 0.3 is 0 Å². The Morgan fingerprint density at radius 3 is 2.62 bits per heavy atom. The molecule has 0 aromatic heterocycles. The topological polar surface area (TPSA) is 50.5 Å². The fourth-order valence-corrected chi connectivity index (χ4v) is 3.07. The monoisotopic (exact) mass is 291 g/mol. The number of ether oxygens (including phenoxy) is 1. The third-order valence-corrected chi connectivity index (χ3v) is 4.31. The first-order valence-electron chi connectivity index (χ1n) is 7.91. The van der Waals surface area contributed by atoms with Gasteiger partial charge in [0.15, 0.2) is 0 Å². The molecule has 1 fully saturated rings. The predicted molar refractivity (Wildman–Crippen MR) is 88.9 cm³/mol. The van der Waals surface area contributed by atoms with E-state index in [0.29, 0.717) is 6.54 Å². The third kappa shape index (κ3) is 4.35. The number of nitrogens with two attached hydrogens (primary N) is 1. The van der Waals surface area contributed by atoms with Crippen LogP contribution in [0.3, 0.4) is 0 Å². The lowest BCUT2D eigenvalue weighted by atomic mass is 9.87. The van der Waals surface area contributed by atoms with Crippen LogP contribution >= 0.6 is 0 Å². The highest BCUT2D eigenvalue weighted by molar-refractivity contribution is 5.50. The summed E-state index contributed by atoms with van der Waals surface area (Å²) in [6.45, 7) is 8.64. The molecular weight excluding hydrogens is 262 g/mol. The SMILES string of the molecule is COc1cccc(NC2(CN)CCN(CC(C)C)CC2)c1. The lowest BCUT2D eigenvalue weighted by Crippen LogP contribution is -2.54. The van der Waals surface area contributed by atoms with E-state index in [9.17, 15) is 0 Å². The van der Waals surface area contributed by atoms with E-state index in [1.165, 1.54) is 6.54 Å². The molecule has 0 amide bonds. The van der Waals surface area contributed by atoms with Crippen molar-refractivity contribution in [3.05, 3.63) is 24.3 Å². The van der Waals surface area contributed by atoms with Crippen LogP contribution in [0.5, 0.6) is 5.75 Å². The number of benzene rings is 1. The Kier molecular flexibility index (Phi) is 5.48. The zero-order valence-corrected chi connectivity index (χ0v) is 13.6. The molecular formula is C17H29N3O. The Labute approximate surface area is 128 Å². The fourth-order valence-electron chi connectivity index (χ4n) is 3.07. The zero-order chi connectivity index (χ0) is 15.3. The molecule has 0 radical (unpaired) electrons. The van der Waals surface area contributed by atoms with Crippen molar-refractivity contribution >= 4 is 5.69 Å². The molecule has 1 aromatic rings. The summed E-state index contributed by atoms with van der Waals surface area (Å²) in [6, 6.07) is 8.10. The number of anilines is 1. The van der Waals surface area contributed by atoms with E-state index < -0.39 is 0 Å². The van der Waals surface area contributed by atoms with Crippen LogP contribution < -0.4 is 15.8 Å². The van der Waals surface area contributed by atoms with Crippen molar-refractivity contribution < 1.29 is 4.74 Å². The van der Waals surface area contributed by atoms with Crippen LogP contribution in [-0.4, -0.2) is 43.7 Å². The fraction of sp³-hybridized carbons (Fsp3) is 0.647. The van der Waals surface area contributed by atoms with Crippen LogP contribution in [0, 0.1) is 5.92 Å². The van der Waals surface area contributed by atoms with Crippen molar-refractivity contribution in [1.82, 2.24) is 4.90 Å². The van der Waals surface area contributed by atoms with E-state index in [-0.39, 0.29) is 5.54 Å². The quantitative estimate of drug-likeness (QED) is 0.846. The number of methoxy groups -OCH3 is 1. The molecule has 0 spiro atoms. The molecule has 21 heavy (non-hydrogen) atoms. The van der Waals surface area contributed by atoms with Crippen LogP contribution in [-0.2, 0) is 0 Å². The lowest BCUT2D eigenvalue weighted by molar-refractivity contribution is 0.161. The molecule has 4 heteroatoms. The van der Waals surface area contributed by atoms with Gasteiger partial charge in [-0.05, 0) is 30.9 Å². The van der Waals surface area contributed by atoms with Gasteiger partial charge in [0.1, 0.15) is 5.75 Å². The summed E-state index contributed by atoms with van der Waals surface area (Å²) in [4.78, 5) is 2.55. The minimum Gasteiger partial charge on any atom is -0.497 e. The van der Waals surface area contributed by atoms with E-state index in [1.807, 2.05) is 18.2 Å². The number of nitrogens with one attached hydrogen (secondary N) is 1. The normalized spacial score (nSPS) is 18.7. The van der Waals surface area contributed by atoms with Crippen LogP contribution in [0.25, 0.3) is 0 Å². The van der Waals surface area contributed by atoms with Gasteiger partial charge in [0.2, 0.25) is 0 Å². The molecule has 0 atom stereocenters. The molecule has 2 rings (SSSR count). The number of rotatable bonds is 6. The van der Waals surface area contributed by atoms with E-state index in [1.54, 1.807) is 7.11 Å². The van der Waals surface area contributed by atoms with E-state index in [0.717, 1.165) is 43.3 Å². The largest absolute Gasteiger partial charge is 0.497 e. The highest BCUT2D eigenvalue weighted by Crippen LogP contribution is 2.28. The molecule has 1 saturated heterocycles. The zero-order valence-electron chi connectivity index (χ0n) is 13.6. The molecule has 1 aromatic carbocycles. The average molecular weight is 291 g/mol. The molecule has 3 N–H and O–H groups in total. The highest BCUT2D eigenvalue weighted by Gasteiger charge is 2.33. The van der Waals surface area contributed by atoms with E-state index in [2.05, 4.69) is 30.1 Å². The third-order valence-electron chi connectivity index (χ3n) is 4.31. The maximum Gasteiger partial charge on any atom is 0.120 e. The number of likely N-dealkylation sites (tertiary alicyclic amines) is 1. The van der Waals surface area contributed by atoms with Gasteiger partial charge in [-0.15, -0.1) is 0 Å². The van der Waals surface area contributed by atoms with Gasteiger partial charge in [-0.1, -0.05) is 19.9 Å². The average Bonchev–Trinajstić information content (AvgIpc) is 2.49. The summed E-state index contributed by atoms with van der Waals surface area (Å²) in [5.74, 6) is 1.60. The van der Waals surface area contributed by atoms with Gasteiger partial charge in [0.25, 0.3) is 0 Å². The second kappa shape index (κ2) is 7.14. The maximum absolute atomic E-state index is 6.09. The van der Waals surface area contributed by atoms with Crippen molar-refractivity contribution in [1.29, 1.82) is 0 Å². The molecule has 0 saturated carbocycles. The second-order valence-electron chi connectivity index (χ2n) is 6.54. The number of hydrogen-bond acceptors (Lipinski definition) is 4. The molecule has 1 aliphatic heterocycles. The van der Waals surface area contributed by atoms with Gasteiger partial charge < -0.3 is 20.7 Å². The molecule has 0 bridgehead atoms. The highest BCUT2D eigenvalue weighted by atomic mass is 16.5. The minimum atomic E-state index is 0.0137. The van der Waals surface area contributed by atoms with Crippen molar-refractivity contribution in [2.24, 2.45) is 11.7 Å². The second-order valence-corrected chi connectivity index (χ2v) is 6.54. The molecule has 4 nitrogen and oxygen atoms in total. The number of nitrogens with zero attached hydrogens (tertiary/aromatic N) is 1. The summed E-state index contributed by atoms with van der Waals surface area (Å²) < 4.78 is 5.29. The van der Waals surface area contributed by atoms with Gasteiger partial charge in [-0.25, -0.2) is 0 Å². The van der Waals surface area contributed by atoms with Gasteiger partial charge in [-0.2, -0.15) is 0 Å². The van der Waals surface area contributed by atoms with Crippen LogP contribution in [0.1, 0.15) is 26.7 Å². The first kappa shape index (κ1) is 16.1. The molecule has 1 heterocycles. The van der Waals surface area contributed by atoms with Crippen molar-refractivity contribution in [2.45, 2.75) is 32.2 Å². The standard InChI is InChI=1S/C17H29N3O/c1-14(2)12-20-9-7-17(13-18,8-10-20)19-15-5-4-6-16(11-15)21-3/h4-6,11,14,19H,7-10,12-13,18H2,1-3H3. The van der Waals surface area contributed by atoms with Gasteiger partial charge in [0.05, 0.1) is 12.6 Å². The summed E-state index contributed by atoms with van der Waals surface area (Å²) in [7, 11) is 1.70. The Morgan fingerprint density at radius 2 is 2.05 bits per heavy atom. The van der Waals surface area contributed by atoms with Crippen LogP contribution in [0.2, 0.25) is 0 Å². The van der Waals surface area contributed by atoms with Crippen molar-refractivity contribution in [2.75, 3.05) is 38.6 Å². The predicted octanol–water partition coefficient (Wildman–Crippen LogP) is 2.56. The van der Waals surface area contributed by atoms with Gasteiger partial charge in [0, 0.05) is 37.9 Å². The molecule has 0 aliphatic carbocycles. The van der Waals surface area contributed by atoms with Crippen molar-refractivity contribution in [3.8, 4) is 5.75 Å². The van der Waals surface area contributed by atoms with Crippen LogP contribution in [0.15, 0.2) is 24.3 Å². The summed E-state index contributed by atoms with van der Waals surface area (Å²) in [5, 5.41) is 3.66. The summed E-state index contributed by atoms with van der Waals surface area (Å²) in [6.07, 6.45) is 2.18. The Hall–Kier alpha value is -1.26. The number of hydrogen-bond donors (Lipinski definition) is 2. The first-order valence-corrected chi connectivity index (χ1v) is 7.91. The Bertz CT molecular complexity index is 439. The minimum absolute atomic E-state index is 0.0137. The lowest BCUT2D eigenvalue weighted by Gasteiger charge is -2.43. The molecule has 118 valence electrons.